The van der Waals surface area contributed by atoms with Gasteiger partial charge in [-0.05, 0) is 12.8 Å². The van der Waals surface area contributed by atoms with Gasteiger partial charge < -0.3 is 10.2 Å². The Morgan fingerprint density at radius 1 is 1.40 bits per heavy atom. The van der Waals surface area contributed by atoms with Crippen LogP contribution >= 0.6 is 0 Å². The maximum absolute atomic E-state index is 11.5. The number of rotatable bonds is 1. The molecule has 15 heavy (non-hydrogen) atoms. The van der Waals surface area contributed by atoms with Crippen molar-refractivity contribution < 1.29 is 19.8 Å². The lowest BCUT2D eigenvalue weighted by Crippen LogP contribution is -2.15. The molecule has 2 rings (SSSR count). The smallest absolute Gasteiger partial charge is 0.341 e. The third-order valence-corrected chi connectivity index (χ3v) is 2.46. The predicted molar refractivity (Wildman–Crippen MR) is 50.1 cm³/mol. The van der Waals surface area contributed by atoms with Crippen molar-refractivity contribution in [1.82, 2.24) is 4.98 Å². The van der Waals surface area contributed by atoms with Crippen LogP contribution in [0.2, 0.25) is 0 Å². The van der Waals surface area contributed by atoms with Gasteiger partial charge in [-0.15, -0.1) is 0 Å². The highest BCUT2D eigenvalue weighted by molar-refractivity contribution is 6.04. The van der Waals surface area contributed by atoms with Crippen LogP contribution in [-0.4, -0.2) is 26.9 Å². The molecule has 78 valence electrons. The molecule has 5 heteroatoms. The van der Waals surface area contributed by atoms with Gasteiger partial charge in [-0.25, -0.2) is 4.79 Å². The Kier molecular flexibility index (Phi) is 2.15. The Hall–Kier alpha value is -1.91. The van der Waals surface area contributed by atoms with Crippen LogP contribution < -0.4 is 0 Å². The van der Waals surface area contributed by atoms with Crippen LogP contribution in [0.3, 0.4) is 0 Å². The number of hydrogen-bond acceptors (Lipinski definition) is 4. The van der Waals surface area contributed by atoms with E-state index < -0.39 is 11.7 Å². The summed E-state index contributed by atoms with van der Waals surface area (Å²) in [6, 6.07) is 0. The fraction of sp³-hybridized carbons (Fsp3) is 0.300. The molecule has 1 heterocycles. The third kappa shape index (κ3) is 1.45. The highest BCUT2D eigenvalue weighted by Gasteiger charge is 2.25. The maximum Gasteiger partial charge on any atom is 0.341 e. The highest BCUT2D eigenvalue weighted by Crippen LogP contribution is 2.30. The number of carboxylic acids is 1. The first-order chi connectivity index (χ1) is 7.11. The van der Waals surface area contributed by atoms with Gasteiger partial charge in [0.25, 0.3) is 0 Å². The Balaban J connectivity index is 2.64. The first kappa shape index (κ1) is 9.64. The molecule has 0 atom stereocenters. The van der Waals surface area contributed by atoms with Crippen LogP contribution in [0.4, 0.5) is 0 Å². The van der Waals surface area contributed by atoms with Crippen LogP contribution in [0.1, 0.15) is 39.3 Å². The molecule has 1 aliphatic rings. The molecule has 0 spiro atoms. The lowest BCUT2D eigenvalue weighted by molar-refractivity contribution is 0.0693. The minimum absolute atomic E-state index is 0.0844. The van der Waals surface area contributed by atoms with Gasteiger partial charge in [-0.1, -0.05) is 0 Å². The fourth-order valence-electron chi connectivity index (χ4n) is 1.72. The van der Waals surface area contributed by atoms with E-state index in [2.05, 4.69) is 4.98 Å². The Morgan fingerprint density at radius 3 is 2.80 bits per heavy atom. The summed E-state index contributed by atoms with van der Waals surface area (Å²) in [6.07, 6.45) is 2.74. The zero-order chi connectivity index (χ0) is 11.0. The number of pyridine rings is 1. The largest absolute Gasteiger partial charge is 0.506 e. The van der Waals surface area contributed by atoms with Gasteiger partial charge in [0.15, 0.2) is 5.78 Å². The number of aromatic hydroxyl groups is 1. The second kappa shape index (κ2) is 3.34. The predicted octanol–water partition coefficient (Wildman–Crippen LogP) is 1.00. The number of aromatic carboxylic acids is 1. The van der Waals surface area contributed by atoms with Crippen molar-refractivity contribution in [2.45, 2.75) is 19.3 Å². The summed E-state index contributed by atoms with van der Waals surface area (Å²) >= 11 is 0. The zero-order valence-corrected chi connectivity index (χ0v) is 7.86. The molecule has 1 aromatic heterocycles. The van der Waals surface area contributed by atoms with Gasteiger partial charge in [0.1, 0.15) is 11.3 Å². The molecule has 1 aliphatic carbocycles. The molecule has 0 aromatic carbocycles. The average molecular weight is 207 g/mol. The summed E-state index contributed by atoms with van der Waals surface area (Å²) in [5.74, 6) is -1.96. The van der Waals surface area contributed by atoms with Crippen molar-refractivity contribution in [3.8, 4) is 5.75 Å². The van der Waals surface area contributed by atoms with Crippen LogP contribution in [-0.2, 0) is 6.42 Å². The quantitative estimate of drug-likeness (QED) is 0.717. The molecule has 0 saturated heterocycles. The van der Waals surface area contributed by atoms with Gasteiger partial charge in [0.2, 0.25) is 0 Å². The number of carboxylic acid groups (broad SMARTS) is 1. The molecule has 0 bridgehead atoms. The van der Waals surface area contributed by atoms with Gasteiger partial charge >= 0.3 is 5.97 Å². The number of fused-ring (bicyclic) bond motifs is 1. The number of ketones is 1. The monoisotopic (exact) mass is 207 g/mol. The Labute approximate surface area is 85.4 Å². The zero-order valence-electron chi connectivity index (χ0n) is 7.86. The summed E-state index contributed by atoms with van der Waals surface area (Å²) in [5, 5.41) is 18.4. The van der Waals surface area contributed by atoms with Crippen molar-refractivity contribution in [2.75, 3.05) is 0 Å². The maximum atomic E-state index is 11.5. The number of nitrogens with zero attached hydrogens (tertiary/aromatic N) is 1. The van der Waals surface area contributed by atoms with Crippen LogP contribution in [0.15, 0.2) is 6.20 Å². The summed E-state index contributed by atoms with van der Waals surface area (Å²) < 4.78 is 0. The Morgan fingerprint density at radius 2 is 2.13 bits per heavy atom. The number of hydrogen-bond donors (Lipinski definition) is 2. The summed E-state index contributed by atoms with van der Waals surface area (Å²) in [4.78, 5) is 26.1. The number of Topliss-reactive ketones (excluding diaryl/α,β-unsaturated/α-hetero) is 1. The second-order valence-corrected chi connectivity index (χ2v) is 3.42. The lowest BCUT2D eigenvalue weighted by atomic mass is 9.93. The van der Waals surface area contributed by atoms with E-state index in [0.29, 0.717) is 25.0 Å². The van der Waals surface area contributed by atoms with E-state index in [9.17, 15) is 14.7 Å². The molecule has 0 aliphatic heterocycles. The minimum Gasteiger partial charge on any atom is -0.506 e. The number of carbonyl (C=O) groups excluding carboxylic acids is 1. The van der Waals surface area contributed by atoms with Gasteiger partial charge in [0.05, 0.1) is 11.3 Å². The molecule has 0 unspecified atom stereocenters. The first-order valence-corrected chi connectivity index (χ1v) is 4.58. The topological polar surface area (TPSA) is 87.5 Å². The second-order valence-electron chi connectivity index (χ2n) is 3.42. The van der Waals surface area contributed by atoms with Crippen molar-refractivity contribution in [2.24, 2.45) is 0 Å². The van der Waals surface area contributed by atoms with Gasteiger partial charge in [0, 0.05) is 12.6 Å². The number of aryl methyl sites for hydroxylation is 1. The molecule has 1 aromatic rings. The van der Waals surface area contributed by atoms with Gasteiger partial charge in [-0.3, -0.25) is 9.78 Å². The molecule has 0 saturated carbocycles. The van der Waals surface area contributed by atoms with Crippen LogP contribution in [0, 0.1) is 0 Å². The normalized spacial score (nSPS) is 14.8. The molecule has 0 radical (unpaired) electrons. The minimum atomic E-state index is -1.28. The van der Waals surface area contributed by atoms with E-state index in [1.54, 1.807) is 0 Å². The molecular formula is C10H9NO4. The van der Waals surface area contributed by atoms with Gasteiger partial charge in [-0.2, -0.15) is 0 Å². The van der Waals surface area contributed by atoms with Crippen molar-refractivity contribution >= 4 is 11.8 Å². The average Bonchev–Trinajstić information content (AvgIpc) is 2.17. The number of aromatic nitrogens is 1. The van der Waals surface area contributed by atoms with Crippen LogP contribution in [0.5, 0.6) is 5.75 Å². The molecular weight excluding hydrogens is 198 g/mol. The summed E-state index contributed by atoms with van der Waals surface area (Å²) in [5.41, 5.74) is 0.263. The highest BCUT2D eigenvalue weighted by atomic mass is 16.4. The summed E-state index contributed by atoms with van der Waals surface area (Å²) in [7, 11) is 0. The molecule has 5 nitrogen and oxygen atoms in total. The molecule has 0 amide bonds. The van der Waals surface area contributed by atoms with E-state index in [1.165, 1.54) is 0 Å². The lowest BCUT2D eigenvalue weighted by Gasteiger charge is -2.15. The standard InChI is InChI=1S/C10H9NO4/c12-7-3-1-2-6-8(7)9(13)5(4-11-6)10(14)15/h4H,1-3H2,(H,11,13)(H,14,15). The van der Waals surface area contributed by atoms with E-state index in [4.69, 9.17) is 5.11 Å². The van der Waals surface area contributed by atoms with E-state index in [-0.39, 0.29) is 16.9 Å². The third-order valence-electron chi connectivity index (χ3n) is 2.46. The van der Waals surface area contributed by atoms with E-state index in [1.807, 2.05) is 0 Å². The Bertz CT molecular complexity index is 453. The van der Waals surface area contributed by atoms with Crippen LogP contribution in [0.25, 0.3) is 0 Å². The first-order valence-electron chi connectivity index (χ1n) is 4.58. The van der Waals surface area contributed by atoms with Crippen molar-refractivity contribution in [3.63, 3.8) is 0 Å². The fourth-order valence-corrected chi connectivity index (χ4v) is 1.72. The van der Waals surface area contributed by atoms with E-state index in [0.717, 1.165) is 6.20 Å². The van der Waals surface area contributed by atoms with Crippen molar-refractivity contribution in [3.05, 3.63) is 23.0 Å². The molecule has 0 fully saturated rings. The summed E-state index contributed by atoms with van der Waals surface area (Å²) in [6.45, 7) is 0. The van der Waals surface area contributed by atoms with Crippen molar-refractivity contribution in [1.29, 1.82) is 0 Å². The molecule has 2 N–H and O–H groups in total. The SMILES string of the molecule is O=C(O)c1cnc2c(c1O)C(=O)CCC2. The van der Waals surface area contributed by atoms with E-state index >= 15 is 0 Å². The number of carbonyl (C=O) groups is 2.